The fraction of sp³-hybridized carbons (Fsp3) is 0.133. The average Bonchev–Trinajstić information content (AvgIpc) is 2.47. The van der Waals surface area contributed by atoms with Crippen molar-refractivity contribution >= 4 is 43.5 Å². The van der Waals surface area contributed by atoms with Gasteiger partial charge in [-0.2, -0.15) is 0 Å². The number of rotatable bonds is 4. The van der Waals surface area contributed by atoms with Crippen LogP contribution < -0.4 is 14.8 Å². The fourth-order valence-electron chi connectivity index (χ4n) is 1.82. The van der Waals surface area contributed by atoms with E-state index >= 15 is 0 Å². The molecule has 1 amide bonds. The van der Waals surface area contributed by atoms with E-state index in [4.69, 9.17) is 9.47 Å². The van der Waals surface area contributed by atoms with E-state index in [-0.39, 0.29) is 5.91 Å². The lowest BCUT2D eigenvalue weighted by Gasteiger charge is -2.12. The van der Waals surface area contributed by atoms with Gasteiger partial charge in [0.2, 0.25) is 0 Å². The third-order valence-electron chi connectivity index (χ3n) is 2.82. The predicted octanol–water partition coefficient (Wildman–Crippen LogP) is 4.48. The van der Waals surface area contributed by atoms with Crippen LogP contribution in [0.2, 0.25) is 0 Å². The summed E-state index contributed by atoms with van der Waals surface area (Å²) in [6.45, 7) is 0. The van der Waals surface area contributed by atoms with Gasteiger partial charge in [-0.25, -0.2) is 0 Å². The second kappa shape index (κ2) is 6.95. The topological polar surface area (TPSA) is 47.6 Å². The number of methoxy groups -OCH3 is 2. The Morgan fingerprint density at radius 1 is 0.952 bits per heavy atom. The fourth-order valence-corrected chi connectivity index (χ4v) is 2.52. The molecule has 0 radical (unpaired) electrons. The predicted molar refractivity (Wildman–Crippen MR) is 89.3 cm³/mol. The smallest absolute Gasteiger partial charge is 0.259 e. The highest BCUT2D eigenvalue weighted by molar-refractivity contribution is 9.10. The maximum Gasteiger partial charge on any atom is 0.259 e. The van der Waals surface area contributed by atoms with Crippen molar-refractivity contribution in [3.05, 3.63) is 50.9 Å². The number of ether oxygens (including phenoxy) is 2. The number of halogens is 2. The summed E-state index contributed by atoms with van der Waals surface area (Å²) in [4.78, 5) is 12.4. The van der Waals surface area contributed by atoms with Crippen LogP contribution in [0.5, 0.6) is 11.5 Å². The van der Waals surface area contributed by atoms with Gasteiger partial charge in [-0.3, -0.25) is 4.79 Å². The molecule has 0 fully saturated rings. The van der Waals surface area contributed by atoms with E-state index < -0.39 is 0 Å². The second-order valence-corrected chi connectivity index (χ2v) is 5.97. The van der Waals surface area contributed by atoms with Crippen LogP contribution in [0.25, 0.3) is 0 Å². The lowest BCUT2D eigenvalue weighted by Crippen LogP contribution is -2.14. The number of hydrogen-bond donors (Lipinski definition) is 1. The summed E-state index contributed by atoms with van der Waals surface area (Å²) in [5, 5.41) is 2.82. The van der Waals surface area contributed by atoms with Crippen molar-refractivity contribution in [2.45, 2.75) is 0 Å². The monoisotopic (exact) mass is 413 g/mol. The molecule has 0 heterocycles. The lowest BCUT2D eigenvalue weighted by molar-refractivity contribution is 0.102. The largest absolute Gasteiger partial charge is 0.496 e. The third-order valence-corrected chi connectivity index (χ3v) is 3.80. The van der Waals surface area contributed by atoms with Crippen molar-refractivity contribution in [1.29, 1.82) is 0 Å². The van der Waals surface area contributed by atoms with Crippen LogP contribution in [0.4, 0.5) is 5.69 Å². The number of carbonyl (C=O) groups excluding carboxylic acids is 1. The Kier molecular flexibility index (Phi) is 5.25. The van der Waals surface area contributed by atoms with E-state index in [9.17, 15) is 4.79 Å². The molecular formula is C15H13Br2NO3. The van der Waals surface area contributed by atoms with Gasteiger partial charge in [0, 0.05) is 8.95 Å². The molecule has 1 N–H and O–H groups in total. The molecule has 2 aromatic rings. The molecule has 6 heteroatoms. The van der Waals surface area contributed by atoms with Crippen LogP contribution in [-0.4, -0.2) is 20.1 Å². The van der Waals surface area contributed by atoms with Gasteiger partial charge in [-0.05, 0) is 36.4 Å². The summed E-state index contributed by atoms with van der Waals surface area (Å²) in [6, 6.07) is 10.6. The number of hydrogen-bond acceptors (Lipinski definition) is 3. The first-order chi connectivity index (χ1) is 10.0. The Bertz CT molecular complexity index is 674. The SMILES string of the molecule is COc1ccc(Br)cc1NC(=O)c1ccc(Br)cc1OC. The Morgan fingerprint density at radius 3 is 2.24 bits per heavy atom. The molecule has 0 unspecified atom stereocenters. The van der Waals surface area contributed by atoms with E-state index in [1.807, 2.05) is 6.07 Å². The van der Waals surface area contributed by atoms with E-state index in [1.54, 1.807) is 37.4 Å². The molecular weight excluding hydrogens is 402 g/mol. The van der Waals surface area contributed by atoms with E-state index in [1.165, 1.54) is 7.11 Å². The van der Waals surface area contributed by atoms with Gasteiger partial charge in [0.25, 0.3) is 5.91 Å². The summed E-state index contributed by atoms with van der Waals surface area (Å²) >= 11 is 6.72. The minimum Gasteiger partial charge on any atom is -0.496 e. The zero-order valence-electron chi connectivity index (χ0n) is 11.4. The maximum atomic E-state index is 12.4. The van der Waals surface area contributed by atoms with E-state index in [2.05, 4.69) is 37.2 Å². The molecule has 0 aromatic heterocycles. The molecule has 110 valence electrons. The van der Waals surface area contributed by atoms with Crippen molar-refractivity contribution in [3.8, 4) is 11.5 Å². The van der Waals surface area contributed by atoms with E-state index in [0.717, 1.165) is 8.95 Å². The molecule has 0 saturated heterocycles. The second-order valence-electron chi connectivity index (χ2n) is 4.14. The van der Waals surface area contributed by atoms with Gasteiger partial charge >= 0.3 is 0 Å². The molecule has 0 saturated carbocycles. The molecule has 2 aromatic carbocycles. The van der Waals surface area contributed by atoms with Crippen molar-refractivity contribution in [1.82, 2.24) is 0 Å². The van der Waals surface area contributed by atoms with E-state index in [0.29, 0.717) is 22.7 Å². The zero-order chi connectivity index (χ0) is 15.4. The Hall–Kier alpha value is -1.53. The zero-order valence-corrected chi connectivity index (χ0v) is 14.6. The molecule has 4 nitrogen and oxygen atoms in total. The molecule has 2 rings (SSSR count). The van der Waals surface area contributed by atoms with Crippen LogP contribution >= 0.6 is 31.9 Å². The molecule has 0 aliphatic rings. The highest BCUT2D eigenvalue weighted by Gasteiger charge is 2.15. The van der Waals surface area contributed by atoms with Crippen molar-refractivity contribution in [3.63, 3.8) is 0 Å². The molecule has 0 aliphatic carbocycles. The maximum absolute atomic E-state index is 12.4. The molecule has 21 heavy (non-hydrogen) atoms. The third kappa shape index (κ3) is 3.77. The van der Waals surface area contributed by atoms with Crippen molar-refractivity contribution in [2.24, 2.45) is 0 Å². The van der Waals surface area contributed by atoms with Crippen molar-refractivity contribution < 1.29 is 14.3 Å². The van der Waals surface area contributed by atoms with Crippen LogP contribution in [0, 0.1) is 0 Å². The minimum atomic E-state index is -0.268. The molecule has 0 bridgehead atoms. The molecule has 0 atom stereocenters. The van der Waals surface area contributed by atoms with Gasteiger partial charge in [0.1, 0.15) is 11.5 Å². The Balaban J connectivity index is 2.32. The quantitative estimate of drug-likeness (QED) is 0.802. The van der Waals surface area contributed by atoms with Gasteiger partial charge < -0.3 is 14.8 Å². The summed E-state index contributed by atoms with van der Waals surface area (Å²) in [7, 11) is 3.08. The minimum absolute atomic E-state index is 0.268. The number of nitrogens with one attached hydrogen (secondary N) is 1. The average molecular weight is 415 g/mol. The first-order valence-electron chi connectivity index (χ1n) is 6.03. The lowest BCUT2D eigenvalue weighted by atomic mass is 10.2. The highest BCUT2D eigenvalue weighted by atomic mass is 79.9. The van der Waals surface area contributed by atoms with Gasteiger partial charge in [0.15, 0.2) is 0 Å². The number of anilines is 1. The summed E-state index contributed by atoms with van der Waals surface area (Å²) < 4.78 is 12.2. The first-order valence-corrected chi connectivity index (χ1v) is 7.62. The summed E-state index contributed by atoms with van der Waals surface area (Å²) in [6.07, 6.45) is 0. The van der Waals surface area contributed by atoms with Gasteiger partial charge in [-0.1, -0.05) is 31.9 Å². The van der Waals surface area contributed by atoms with Gasteiger partial charge in [0.05, 0.1) is 25.5 Å². The number of benzene rings is 2. The summed E-state index contributed by atoms with van der Waals surface area (Å²) in [5.74, 6) is 0.814. The molecule has 0 aliphatic heterocycles. The van der Waals surface area contributed by atoms with Crippen LogP contribution in [0.15, 0.2) is 45.3 Å². The highest BCUT2D eigenvalue weighted by Crippen LogP contribution is 2.30. The van der Waals surface area contributed by atoms with Crippen LogP contribution in [0.3, 0.4) is 0 Å². The standard InChI is InChI=1S/C15H13Br2NO3/c1-20-13-6-4-9(16)7-12(13)18-15(19)11-5-3-10(17)8-14(11)21-2/h3-8H,1-2H3,(H,18,19). The van der Waals surface area contributed by atoms with Crippen LogP contribution in [0.1, 0.15) is 10.4 Å². The Morgan fingerprint density at radius 2 is 1.57 bits per heavy atom. The van der Waals surface area contributed by atoms with Gasteiger partial charge in [-0.15, -0.1) is 0 Å². The molecule has 0 spiro atoms. The summed E-state index contributed by atoms with van der Waals surface area (Å²) in [5.41, 5.74) is 1.03. The number of amides is 1. The van der Waals surface area contributed by atoms with Crippen molar-refractivity contribution in [2.75, 3.05) is 19.5 Å². The van der Waals surface area contributed by atoms with Crippen LogP contribution in [-0.2, 0) is 0 Å². The number of carbonyl (C=O) groups is 1. The Labute approximate surface area is 139 Å². The first kappa shape index (κ1) is 15.9. The normalized spacial score (nSPS) is 10.1.